The maximum absolute atomic E-state index is 9.69. The summed E-state index contributed by atoms with van der Waals surface area (Å²) in [6.07, 6.45) is 1.56. The van der Waals surface area contributed by atoms with Crippen LogP contribution in [-0.2, 0) is 13.0 Å². The van der Waals surface area contributed by atoms with E-state index in [2.05, 4.69) is 29.2 Å². The first kappa shape index (κ1) is 13.5. The van der Waals surface area contributed by atoms with Crippen molar-refractivity contribution < 1.29 is 10.2 Å². The van der Waals surface area contributed by atoms with E-state index in [4.69, 9.17) is 0 Å². The molecular formula is C15H23NO2. The number of hydrogen-bond acceptors (Lipinski definition) is 3. The molecule has 1 fully saturated rings. The van der Waals surface area contributed by atoms with E-state index in [0.717, 1.165) is 32.5 Å². The molecule has 1 aliphatic rings. The highest BCUT2D eigenvalue weighted by molar-refractivity contribution is 5.23. The monoisotopic (exact) mass is 249 g/mol. The van der Waals surface area contributed by atoms with Crippen LogP contribution in [0.4, 0.5) is 0 Å². The molecule has 0 radical (unpaired) electrons. The molecule has 0 atom stereocenters. The minimum absolute atomic E-state index is 0.129. The van der Waals surface area contributed by atoms with E-state index in [1.807, 2.05) is 13.8 Å². The molecule has 18 heavy (non-hydrogen) atoms. The number of likely N-dealkylation sites (tertiary alicyclic amines) is 1. The summed E-state index contributed by atoms with van der Waals surface area (Å²) in [5.74, 6) is 0. The Bertz CT molecular complexity index is 374. The van der Waals surface area contributed by atoms with Gasteiger partial charge in [-0.1, -0.05) is 24.3 Å². The lowest BCUT2D eigenvalue weighted by atomic mass is 9.98. The molecule has 0 spiro atoms. The highest BCUT2D eigenvalue weighted by Gasteiger charge is 2.23. The largest absolute Gasteiger partial charge is 0.390 e. The van der Waals surface area contributed by atoms with E-state index in [9.17, 15) is 10.2 Å². The van der Waals surface area contributed by atoms with Gasteiger partial charge in [0.1, 0.15) is 0 Å². The fraction of sp³-hybridized carbons (Fsp3) is 0.600. The molecule has 2 rings (SSSR count). The number of β-amino-alcohol motifs (C(OH)–C–C–N with tert-alkyl or cyclic N) is 1. The molecule has 0 bridgehead atoms. The van der Waals surface area contributed by atoms with Gasteiger partial charge in [-0.05, 0) is 37.8 Å². The first-order valence-electron chi connectivity index (χ1n) is 6.63. The zero-order valence-electron chi connectivity index (χ0n) is 11.3. The predicted octanol–water partition coefficient (Wildman–Crippen LogP) is 1.57. The summed E-state index contributed by atoms with van der Waals surface area (Å²) < 4.78 is 0. The predicted molar refractivity (Wildman–Crippen MR) is 72.3 cm³/mol. The number of nitrogens with zero attached hydrogens (tertiary/aromatic N) is 1. The van der Waals surface area contributed by atoms with Crippen LogP contribution >= 0.6 is 0 Å². The Morgan fingerprint density at radius 2 is 1.72 bits per heavy atom. The Labute approximate surface area is 109 Å². The standard InChI is InChI=1S/C15H23NO2/c1-15(2,18)8-7-12-3-5-13(6-4-12)9-16-10-14(17)11-16/h3-6,14,17-18H,7-11H2,1-2H3. The van der Waals surface area contributed by atoms with Crippen molar-refractivity contribution in [3.63, 3.8) is 0 Å². The third-order valence-electron chi connectivity index (χ3n) is 3.39. The van der Waals surface area contributed by atoms with Gasteiger partial charge >= 0.3 is 0 Å². The number of hydrogen-bond donors (Lipinski definition) is 2. The lowest BCUT2D eigenvalue weighted by Crippen LogP contribution is -2.49. The summed E-state index contributed by atoms with van der Waals surface area (Å²) in [5, 5.41) is 18.9. The van der Waals surface area contributed by atoms with Crippen LogP contribution < -0.4 is 0 Å². The highest BCUT2D eigenvalue weighted by Crippen LogP contribution is 2.16. The van der Waals surface area contributed by atoms with Gasteiger partial charge in [0.25, 0.3) is 0 Å². The topological polar surface area (TPSA) is 43.7 Å². The molecule has 3 nitrogen and oxygen atoms in total. The molecule has 1 aliphatic heterocycles. The number of benzene rings is 1. The first-order valence-corrected chi connectivity index (χ1v) is 6.63. The van der Waals surface area contributed by atoms with Crippen LogP contribution in [0, 0.1) is 0 Å². The molecule has 0 amide bonds. The van der Waals surface area contributed by atoms with Gasteiger partial charge < -0.3 is 10.2 Å². The molecule has 1 aromatic carbocycles. The van der Waals surface area contributed by atoms with Gasteiger partial charge in [-0.3, -0.25) is 4.90 Å². The summed E-state index contributed by atoms with van der Waals surface area (Å²) in [5.41, 5.74) is 1.96. The summed E-state index contributed by atoms with van der Waals surface area (Å²) in [6.45, 7) is 6.19. The Balaban J connectivity index is 1.82. The summed E-state index contributed by atoms with van der Waals surface area (Å²) in [4.78, 5) is 2.23. The molecule has 0 aliphatic carbocycles. The van der Waals surface area contributed by atoms with E-state index in [0.29, 0.717) is 0 Å². The van der Waals surface area contributed by atoms with Crippen molar-refractivity contribution in [1.29, 1.82) is 0 Å². The van der Waals surface area contributed by atoms with E-state index < -0.39 is 5.60 Å². The van der Waals surface area contributed by atoms with Crippen molar-refractivity contribution >= 4 is 0 Å². The number of rotatable bonds is 5. The van der Waals surface area contributed by atoms with Gasteiger partial charge in [0, 0.05) is 19.6 Å². The van der Waals surface area contributed by atoms with Gasteiger partial charge in [0.15, 0.2) is 0 Å². The van der Waals surface area contributed by atoms with Gasteiger partial charge in [-0.15, -0.1) is 0 Å². The second-order valence-electron chi connectivity index (χ2n) is 5.98. The lowest BCUT2D eigenvalue weighted by Gasteiger charge is -2.35. The molecular weight excluding hydrogens is 226 g/mol. The number of aliphatic hydroxyl groups is 2. The smallest absolute Gasteiger partial charge is 0.0794 e. The maximum atomic E-state index is 9.69. The third kappa shape index (κ3) is 4.09. The Morgan fingerprint density at radius 3 is 2.22 bits per heavy atom. The van der Waals surface area contributed by atoms with Crippen LogP contribution in [-0.4, -0.2) is 39.9 Å². The Kier molecular flexibility index (Phi) is 4.05. The van der Waals surface area contributed by atoms with Crippen molar-refractivity contribution in [1.82, 2.24) is 4.90 Å². The molecule has 1 saturated heterocycles. The van der Waals surface area contributed by atoms with Gasteiger partial charge in [-0.25, -0.2) is 0 Å². The zero-order valence-corrected chi connectivity index (χ0v) is 11.3. The highest BCUT2D eigenvalue weighted by atomic mass is 16.3. The normalized spacial score (nSPS) is 17.8. The summed E-state index contributed by atoms with van der Waals surface area (Å²) in [7, 11) is 0. The van der Waals surface area contributed by atoms with Gasteiger partial charge in [0.2, 0.25) is 0 Å². The second kappa shape index (κ2) is 5.39. The maximum Gasteiger partial charge on any atom is 0.0794 e. The van der Waals surface area contributed by atoms with Crippen molar-refractivity contribution in [2.45, 2.75) is 44.9 Å². The van der Waals surface area contributed by atoms with Crippen molar-refractivity contribution in [3.8, 4) is 0 Å². The molecule has 1 heterocycles. The first-order chi connectivity index (χ1) is 8.42. The van der Waals surface area contributed by atoms with Crippen LogP contribution in [0.5, 0.6) is 0 Å². The fourth-order valence-electron chi connectivity index (χ4n) is 2.19. The van der Waals surface area contributed by atoms with E-state index in [1.54, 1.807) is 0 Å². The molecule has 1 aromatic rings. The molecule has 3 heteroatoms. The Morgan fingerprint density at radius 1 is 1.17 bits per heavy atom. The fourth-order valence-corrected chi connectivity index (χ4v) is 2.19. The number of aliphatic hydroxyl groups excluding tert-OH is 1. The van der Waals surface area contributed by atoms with E-state index in [1.165, 1.54) is 11.1 Å². The summed E-state index contributed by atoms with van der Waals surface area (Å²) >= 11 is 0. The van der Waals surface area contributed by atoms with Crippen molar-refractivity contribution in [2.24, 2.45) is 0 Å². The zero-order chi connectivity index (χ0) is 13.2. The van der Waals surface area contributed by atoms with Crippen LogP contribution in [0.15, 0.2) is 24.3 Å². The minimum atomic E-state index is -0.591. The molecule has 0 aromatic heterocycles. The third-order valence-corrected chi connectivity index (χ3v) is 3.39. The second-order valence-corrected chi connectivity index (χ2v) is 5.98. The Hall–Kier alpha value is -0.900. The van der Waals surface area contributed by atoms with Crippen molar-refractivity contribution in [2.75, 3.05) is 13.1 Å². The lowest BCUT2D eigenvalue weighted by molar-refractivity contribution is -0.00286. The van der Waals surface area contributed by atoms with Crippen LogP contribution in [0.2, 0.25) is 0 Å². The van der Waals surface area contributed by atoms with Crippen LogP contribution in [0.3, 0.4) is 0 Å². The molecule has 100 valence electrons. The van der Waals surface area contributed by atoms with E-state index in [-0.39, 0.29) is 6.10 Å². The average Bonchev–Trinajstić information content (AvgIpc) is 2.25. The molecule has 0 unspecified atom stereocenters. The minimum Gasteiger partial charge on any atom is -0.390 e. The van der Waals surface area contributed by atoms with E-state index >= 15 is 0 Å². The molecule has 0 saturated carbocycles. The van der Waals surface area contributed by atoms with Gasteiger partial charge in [-0.2, -0.15) is 0 Å². The van der Waals surface area contributed by atoms with Crippen molar-refractivity contribution in [3.05, 3.63) is 35.4 Å². The molecule has 2 N–H and O–H groups in total. The summed E-state index contributed by atoms with van der Waals surface area (Å²) in [6, 6.07) is 8.56. The SMILES string of the molecule is CC(C)(O)CCc1ccc(CN2CC(O)C2)cc1. The van der Waals surface area contributed by atoms with Crippen LogP contribution in [0.1, 0.15) is 31.4 Å². The average molecular weight is 249 g/mol. The quantitative estimate of drug-likeness (QED) is 0.832. The van der Waals surface area contributed by atoms with Crippen LogP contribution in [0.25, 0.3) is 0 Å². The number of aryl methyl sites for hydroxylation is 1. The van der Waals surface area contributed by atoms with Gasteiger partial charge in [0.05, 0.1) is 11.7 Å².